The van der Waals surface area contributed by atoms with Crippen LogP contribution in [-0.4, -0.2) is 23.7 Å². The molecule has 22 heavy (non-hydrogen) atoms. The van der Waals surface area contributed by atoms with E-state index >= 15 is 0 Å². The minimum absolute atomic E-state index is 0.223. The number of anilines is 1. The van der Waals surface area contributed by atoms with Crippen LogP contribution >= 0.6 is 23.2 Å². The van der Waals surface area contributed by atoms with Crippen LogP contribution in [0.15, 0.2) is 47.1 Å². The SMILES string of the molecule is O=C(CCl)NC(Cc1ccco1)C(=O)Nc1cccc(Cl)c1. The van der Waals surface area contributed by atoms with Gasteiger partial charge in [0.2, 0.25) is 11.8 Å². The Morgan fingerprint density at radius 1 is 1.23 bits per heavy atom. The van der Waals surface area contributed by atoms with Gasteiger partial charge in [-0.25, -0.2) is 0 Å². The van der Waals surface area contributed by atoms with Crippen molar-refractivity contribution in [2.75, 3.05) is 11.2 Å². The lowest BCUT2D eigenvalue weighted by molar-refractivity contribution is -0.125. The standard InChI is InChI=1S/C15H14Cl2N2O3/c16-9-14(20)19-13(8-12-5-2-6-22-12)15(21)18-11-4-1-3-10(17)7-11/h1-7,13H,8-9H2,(H,18,21)(H,19,20). The third kappa shape index (κ3) is 4.79. The number of hydrogen-bond donors (Lipinski definition) is 2. The number of alkyl halides is 1. The van der Waals surface area contributed by atoms with Crippen LogP contribution in [-0.2, 0) is 16.0 Å². The highest BCUT2D eigenvalue weighted by Gasteiger charge is 2.22. The van der Waals surface area contributed by atoms with Gasteiger partial charge in [0, 0.05) is 17.1 Å². The third-order valence-electron chi connectivity index (χ3n) is 2.85. The van der Waals surface area contributed by atoms with Crippen molar-refractivity contribution in [1.82, 2.24) is 5.32 Å². The van der Waals surface area contributed by atoms with Crippen LogP contribution in [0.3, 0.4) is 0 Å². The minimum atomic E-state index is -0.795. The Morgan fingerprint density at radius 3 is 2.68 bits per heavy atom. The van der Waals surface area contributed by atoms with E-state index < -0.39 is 11.9 Å². The van der Waals surface area contributed by atoms with Crippen molar-refractivity contribution in [3.05, 3.63) is 53.4 Å². The van der Waals surface area contributed by atoms with Crippen LogP contribution < -0.4 is 10.6 Å². The molecule has 1 aromatic heterocycles. The summed E-state index contributed by atoms with van der Waals surface area (Å²) in [6.07, 6.45) is 1.73. The number of nitrogens with one attached hydrogen (secondary N) is 2. The third-order valence-corrected chi connectivity index (χ3v) is 3.33. The molecule has 2 amide bonds. The zero-order valence-corrected chi connectivity index (χ0v) is 13.0. The van der Waals surface area contributed by atoms with Crippen molar-refractivity contribution >= 4 is 40.7 Å². The van der Waals surface area contributed by atoms with Crippen LogP contribution in [0.2, 0.25) is 5.02 Å². The highest BCUT2D eigenvalue weighted by molar-refractivity contribution is 6.31. The van der Waals surface area contributed by atoms with Gasteiger partial charge in [-0.3, -0.25) is 9.59 Å². The molecule has 116 valence electrons. The largest absolute Gasteiger partial charge is 0.469 e. The molecule has 0 radical (unpaired) electrons. The first-order chi connectivity index (χ1) is 10.6. The smallest absolute Gasteiger partial charge is 0.247 e. The monoisotopic (exact) mass is 340 g/mol. The molecular weight excluding hydrogens is 327 g/mol. The topological polar surface area (TPSA) is 71.3 Å². The normalized spacial score (nSPS) is 11.7. The summed E-state index contributed by atoms with van der Waals surface area (Å²) in [5.74, 6) is -0.447. The van der Waals surface area contributed by atoms with Crippen LogP contribution in [0.1, 0.15) is 5.76 Å². The van der Waals surface area contributed by atoms with Crippen LogP contribution in [0.5, 0.6) is 0 Å². The fourth-order valence-corrected chi connectivity index (χ4v) is 2.14. The van der Waals surface area contributed by atoms with E-state index in [-0.39, 0.29) is 18.2 Å². The Bertz CT molecular complexity index is 644. The zero-order valence-electron chi connectivity index (χ0n) is 11.5. The Morgan fingerprint density at radius 2 is 2.05 bits per heavy atom. The van der Waals surface area contributed by atoms with Crippen molar-refractivity contribution in [3.8, 4) is 0 Å². The summed E-state index contributed by atoms with van der Waals surface area (Å²) >= 11 is 11.4. The zero-order chi connectivity index (χ0) is 15.9. The first-order valence-corrected chi connectivity index (χ1v) is 7.44. The maximum absolute atomic E-state index is 12.3. The van der Waals surface area contributed by atoms with Gasteiger partial charge in [0.05, 0.1) is 6.26 Å². The summed E-state index contributed by atoms with van der Waals surface area (Å²) in [5, 5.41) is 5.77. The number of furan rings is 1. The average Bonchev–Trinajstić information content (AvgIpc) is 2.99. The van der Waals surface area contributed by atoms with Crippen LogP contribution in [0.4, 0.5) is 5.69 Å². The molecule has 0 saturated carbocycles. The highest BCUT2D eigenvalue weighted by Crippen LogP contribution is 2.15. The van der Waals surface area contributed by atoms with E-state index in [0.717, 1.165) is 0 Å². The molecule has 1 unspecified atom stereocenters. The number of carbonyl (C=O) groups is 2. The van der Waals surface area contributed by atoms with Gasteiger partial charge in [0.1, 0.15) is 17.7 Å². The predicted octanol–water partition coefficient (Wildman–Crippen LogP) is 2.84. The van der Waals surface area contributed by atoms with Gasteiger partial charge < -0.3 is 15.1 Å². The lowest BCUT2D eigenvalue weighted by Gasteiger charge is -2.17. The van der Waals surface area contributed by atoms with Crippen molar-refractivity contribution in [2.24, 2.45) is 0 Å². The van der Waals surface area contributed by atoms with Gasteiger partial charge in [-0.05, 0) is 30.3 Å². The molecule has 2 aromatic rings. The number of carbonyl (C=O) groups excluding carboxylic acids is 2. The maximum Gasteiger partial charge on any atom is 0.247 e. The summed E-state index contributed by atoms with van der Waals surface area (Å²) in [7, 11) is 0. The van der Waals surface area contributed by atoms with E-state index in [1.807, 2.05) is 0 Å². The highest BCUT2D eigenvalue weighted by atomic mass is 35.5. The summed E-state index contributed by atoms with van der Waals surface area (Å²) in [6.45, 7) is 0. The second kappa shape index (κ2) is 7.87. The molecule has 0 spiro atoms. The second-order valence-electron chi connectivity index (χ2n) is 4.54. The number of amides is 2. The summed E-state index contributed by atoms with van der Waals surface area (Å²) in [4.78, 5) is 23.8. The molecule has 1 atom stereocenters. The van der Waals surface area contributed by atoms with E-state index in [2.05, 4.69) is 10.6 Å². The Hall–Kier alpha value is -1.98. The molecule has 2 N–H and O–H groups in total. The van der Waals surface area contributed by atoms with E-state index in [4.69, 9.17) is 27.6 Å². The molecule has 0 fully saturated rings. The van der Waals surface area contributed by atoms with Gasteiger partial charge in [-0.1, -0.05) is 17.7 Å². The Balaban J connectivity index is 2.09. The average molecular weight is 341 g/mol. The number of halogens is 2. The molecule has 1 heterocycles. The van der Waals surface area contributed by atoms with Gasteiger partial charge in [0.15, 0.2) is 0 Å². The van der Waals surface area contributed by atoms with Crippen LogP contribution in [0.25, 0.3) is 0 Å². The number of hydrogen-bond acceptors (Lipinski definition) is 3. The van der Waals surface area contributed by atoms with E-state index in [1.54, 1.807) is 36.4 Å². The molecule has 0 aliphatic rings. The van der Waals surface area contributed by atoms with Gasteiger partial charge in [0.25, 0.3) is 0 Å². The van der Waals surface area contributed by atoms with Crippen molar-refractivity contribution in [3.63, 3.8) is 0 Å². The Kier molecular flexibility index (Phi) is 5.86. The molecule has 0 aliphatic carbocycles. The Labute approximate surface area is 137 Å². The maximum atomic E-state index is 12.3. The van der Waals surface area contributed by atoms with Gasteiger partial charge >= 0.3 is 0 Å². The quantitative estimate of drug-likeness (QED) is 0.794. The first kappa shape index (κ1) is 16.4. The summed E-state index contributed by atoms with van der Waals surface area (Å²) in [5.41, 5.74) is 0.544. The first-order valence-electron chi connectivity index (χ1n) is 6.52. The van der Waals surface area contributed by atoms with Crippen molar-refractivity contribution in [1.29, 1.82) is 0 Å². The molecule has 2 rings (SSSR count). The summed E-state index contributed by atoms with van der Waals surface area (Å²) in [6, 6.07) is 9.39. The van der Waals surface area contributed by atoms with Crippen molar-refractivity contribution in [2.45, 2.75) is 12.5 Å². The van der Waals surface area contributed by atoms with E-state index in [9.17, 15) is 9.59 Å². The molecule has 0 saturated heterocycles. The number of rotatable bonds is 6. The minimum Gasteiger partial charge on any atom is -0.469 e. The number of benzene rings is 1. The molecule has 0 aliphatic heterocycles. The van der Waals surface area contributed by atoms with Gasteiger partial charge in [-0.15, -0.1) is 11.6 Å². The molecule has 7 heteroatoms. The van der Waals surface area contributed by atoms with E-state index in [1.165, 1.54) is 6.26 Å². The molecule has 0 bridgehead atoms. The molecule has 1 aromatic carbocycles. The molecule has 5 nitrogen and oxygen atoms in total. The lowest BCUT2D eigenvalue weighted by Crippen LogP contribution is -2.45. The summed E-state index contributed by atoms with van der Waals surface area (Å²) < 4.78 is 5.21. The van der Waals surface area contributed by atoms with Crippen LogP contribution in [0, 0.1) is 0 Å². The fraction of sp³-hybridized carbons (Fsp3) is 0.200. The lowest BCUT2D eigenvalue weighted by atomic mass is 10.1. The van der Waals surface area contributed by atoms with E-state index in [0.29, 0.717) is 16.5 Å². The fourth-order valence-electron chi connectivity index (χ4n) is 1.87. The van der Waals surface area contributed by atoms with Crippen molar-refractivity contribution < 1.29 is 14.0 Å². The van der Waals surface area contributed by atoms with Gasteiger partial charge in [-0.2, -0.15) is 0 Å². The second-order valence-corrected chi connectivity index (χ2v) is 5.24. The molecular formula is C15H14Cl2N2O3. The predicted molar refractivity (Wildman–Crippen MR) is 85.1 cm³/mol.